The third-order valence-corrected chi connectivity index (χ3v) is 8.26. The minimum absolute atomic E-state index is 0.236. The van der Waals surface area contributed by atoms with Gasteiger partial charge in [0.05, 0.1) is 13.6 Å². The maximum absolute atomic E-state index is 13.3. The lowest BCUT2D eigenvalue weighted by Crippen LogP contribution is -2.44. The molecule has 200 valence electrons. The summed E-state index contributed by atoms with van der Waals surface area (Å²) in [5.74, 6) is 0.761. The van der Waals surface area contributed by atoms with Crippen LogP contribution in [0.5, 0.6) is 0 Å². The maximum atomic E-state index is 13.3. The predicted molar refractivity (Wildman–Crippen MR) is 151 cm³/mol. The van der Waals surface area contributed by atoms with Crippen LogP contribution in [0.4, 0.5) is 17.3 Å². The molecule has 2 fully saturated rings. The molecule has 2 aliphatic carbocycles. The number of benzene rings is 1. The first-order valence-electron chi connectivity index (χ1n) is 13.9. The Balaban J connectivity index is 1.24. The number of piperazine rings is 1. The van der Waals surface area contributed by atoms with Crippen molar-refractivity contribution in [2.24, 2.45) is 5.41 Å². The Morgan fingerprint density at radius 3 is 2.64 bits per heavy atom. The van der Waals surface area contributed by atoms with Crippen molar-refractivity contribution in [2.45, 2.75) is 31.9 Å². The molecular weight excluding hydrogens is 492 g/mol. The standard InChI is InChI=1S/C29H32N8O2/c1-3-12-36-27(39)22-18-30-28(31-20-5-7-21(8-6-20)35-15-13-34(2)14-16-35)33-26(22)37(36)23-9-4-19-17-29(10-11-29)25(38)24(19)32-23/h3-9,18,25,38H,1,10-17H2,2H3,(H,30,31,33)/i25D. The van der Waals surface area contributed by atoms with Gasteiger partial charge in [-0.15, -0.1) is 6.58 Å². The van der Waals surface area contributed by atoms with Gasteiger partial charge in [-0.25, -0.2) is 19.3 Å². The van der Waals surface area contributed by atoms with E-state index in [1.807, 2.05) is 24.3 Å². The molecule has 4 heterocycles. The Bertz CT molecular complexity index is 1680. The molecular formula is C29H32N8O2. The summed E-state index contributed by atoms with van der Waals surface area (Å²) in [7, 11) is 2.14. The van der Waals surface area contributed by atoms with Crippen molar-refractivity contribution in [1.29, 1.82) is 0 Å². The Morgan fingerprint density at radius 1 is 1.15 bits per heavy atom. The van der Waals surface area contributed by atoms with Crippen LogP contribution in [-0.4, -0.2) is 67.5 Å². The van der Waals surface area contributed by atoms with Gasteiger partial charge in [-0.1, -0.05) is 12.1 Å². The first-order chi connectivity index (χ1) is 19.3. The quantitative estimate of drug-likeness (QED) is 0.370. The molecule has 10 nitrogen and oxygen atoms in total. The van der Waals surface area contributed by atoms with E-state index in [1.54, 1.807) is 10.8 Å². The van der Waals surface area contributed by atoms with Gasteiger partial charge in [0.2, 0.25) is 5.95 Å². The molecule has 0 radical (unpaired) electrons. The number of likely N-dealkylation sites (N-methyl/N-ethyl adjacent to an activating group) is 1. The highest BCUT2D eigenvalue weighted by atomic mass is 16.3. The summed E-state index contributed by atoms with van der Waals surface area (Å²) in [6.07, 6.45) is 3.68. The number of aliphatic hydroxyl groups is 1. The number of nitrogens with one attached hydrogen (secondary N) is 1. The second-order valence-electron chi connectivity index (χ2n) is 10.9. The van der Waals surface area contributed by atoms with Gasteiger partial charge in [-0.05, 0) is 62.2 Å². The van der Waals surface area contributed by atoms with Crippen LogP contribution >= 0.6 is 0 Å². The number of fused-ring (bicyclic) bond motifs is 2. The number of aromatic nitrogens is 5. The van der Waals surface area contributed by atoms with Crippen LogP contribution in [0.25, 0.3) is 16.9 Å². The third-order valence-electron chi connectivity index (χ3n) is 8.26. The van der Waals surface area contributed by atoms with Crippen molar-refractivity contribution in [3.05, 3.63) is 76.9 Å². The molecule has 0 amide bonds. The average Bonchev–Trinajstić information content (AvgIpc) is 3.65. The van der Waals surface area contributed by atoms with E-state index < -0.39 is 11.5 Å². The smallest absolute Gasteiger partial charge is 0.278 e. The number of anilines is 3. The normalized spacial score (nSPS) is 22.2. The SMILES string of the molecule is [2H]C1(O)c2nc(-n3c4nc(Nc5ccc(N6CCN(C)CC6)cc5)ncc4c(=O)n3CC=C)ccc2CC12CC2. The molecule has 1 aromatic carbocycles. The van der Waals surface area contributed by atoms with Gasteiger partial charge in [0.25, 0.3) is 5.56 Å². The second kappa shape index (κ2) is 9.03. The van der Waals surface area contributed by atoms with E-state index in [0.29, 0.717) is 34.9 Å². The summed E-state index contributed by atoms with van der Waals surface area (Å²) in [6, 6.07) is 11.9. The third kappa shape index (κ3) is 4.02. The largest absolute Gasteiger partial charge is 0.386 e. The van der Waals surface area contributed by atoms with Crippen molar-refractivity contribution < 1.29 is 6.48 Å². The molecule has 1 atom stereocenters. The first-order valence-corrected chi connectivity index (χ1v) is 13.4. The van der Waals surface area contributed by atoms with Crippen molar-refractivity contribution >= 4 is 28.4 Å². The van der Waals surface area contributed by atoms with Gasteiger partial charge in [0.15, 0.2) is 11.5 Å². The topological polar surface area (TPSA) is 104 Å². The summed E-state index contributed by atoms with van der Waals surface area (Å²) < 4.78 is 11.8. The molecule has 7 rings (SSSR count). The van der Waals surface area contributed by atoms with E-state index in [2.05, 4.69) is 45.9 Å². The van der Waals surface area contributed by atoms with Crippen LogP contribution < -0.4 is 15.8 Å². The van der Waals surface area contributed by atoms with E-state index in [1.165, 1.54) is 16.6 Å². The molecule has 1 saturated carbocycles. The first kappa shape index (κ1) is 22.9. The fourth-order valence-electron chi connectivity index (χ4n) is 5.77. The van der Waals surface area contributed by atoms with Crippen LogP contribution in [0, 0.1) is 5.41 Å². The average molecular weight is 526 g/mol. The fraction of sp³-hybridized carbons (Fsp3) is 0.379. The number of pyridine rings is 1. The van der Waals surface area contributed by atoms with Crippen LogP contribution in [0.2, 0.25) is 0 Å². The molecule has 0 bridgehead atoms. The van der Waals surface area contributed by atoms with E-state index in [4.69, 9.17) is 11.3 Å². The Labute approximate surface area is 227 Å². The fourth-order valence-corrected chi connectivity index (χ4v) is 5.77. The molecule has 1 spiro atoms. The predicted octanol–water partition coefficient (Wildman–Crippen LogP) is 3.03. The lowest BCUT2D eigenvalue weighted by molar-refractivity contribution is 0.105. The second-order valence-corrected chi connectivity index (χ2v) is 10.9. The molecule has 1 unspecified atom stereocenters. The van der Waals surface area contributed by atoms with Gasteiger partial charge in [-0.2, -0.15) is 4.98 Å². The number of allylic oxidation sites excluding steroid dienone is 1. The van der Waals surface area contributed by atoms with Crippen molar-refractivity contribution in [2.75, 3.05) is 43.4 Å². The number of hydrogen-bond acceptors (Lipinski definition) is 8. The van der Waals surface area contributed by atoms with E-state index in [0.717, 1.165) is 50.3 Å². The van der Waals surface area contributed by atoms with Gasteiger partial charge >= 0.3 is 0 Å². The molecule has 2 N–H and O–H groups in total. The van der Waals surface area contributed by atoms with Crippen LogP contribution in [0.1, 0.15) is 31.5 Å². The molecule has 10 heteroatoms. The summed E-state index contributed by atoms with van der Waals surface area (Å²) in [5.41, 5.74) is 2.93. The number of rotatable bonds is 6. The van der Waals surface area contributed by atoms with Gasteiger partial charge in [0, 0.05) is 49.2 Å². The highest BCUT2D eigenvalue weighted by Crippen LogP contribution is 2.61. The highest BCUT2D eigenvalue weighted by molar-refractivity contribution is 5.77. The van der Waals surface area contributed by atoms with Crippen molar-refractivity contribution in [3.8, 4) is 5.82 Å². The van der Waals surface area contributed by atoms with Crippen molar-refractivity contribution in [3.63, 3.8) is 0 Å². The molecule has 39 heavy (non-hydrogen) atoms. The number of nitrogens with zero attached hydrogens (tertiary/aromatic N) is 7. The van der Waals surface area contributed by atoms with E-state index in [9.17, 15) is 9.90 Å². The lowest BCUT2D eigenvalue weighted by Gasteiger charge is -2.34. The zero-order valence-corrected chi connectivity index (χ0v) is 22.0. The molecule has 4 aromatic rings. The summed E-state index contributed by atoms with van der Waals surface area (Å²) in [6.45, 7) is 8.13. The summed E-state index contributed by atoms with van der Waals surface area (Å²) >= 11 is 0. The Kier molecular flexibility index (Phi) is 5.31. The Hall–Kier alpha value is -4.02. The zero-order valence-electron chi connectivity index (χ0n) is 23.0. The maximum Gasteiger partial charge on any atom is 0.278 e. The van der Waals surface area contributed by atoms with Gasteiger partial charge in [-0.3, -0.25) is 4.79 Å². The van der Waals surface area contributed by atoms with E-state index >= 15 is 0 Å². The summed E-state index contributed by atoms with van der Waals surface area (Å²) in [4.78, 5) is 31.9. The van der Waals surface area contributed by atoms with Gasteiger partial charge in [0.1, 0.15) is 11.5 Å². The molecule has 3 aromatic heterocycles. The minimum Gasteiger partial charge on any atom is -0.386 e. The van der Waals surface area contributed by atoms with Gasteiger partial charge < -0.3 is 20.2 Å². The molecule has 1 aliphatic heterocycles. The summed E-state index contributed by atoms with van der Waals surface area (Å²) in [5, 5.41) is 14.7. The Morgan fingerprint density at radius 2 is 1.92 bits per heavy atom. The lowest BCUT2D eigenvalue weighted by atomic mass is 10.0. The van der Waals surface area contributed by atoms with Crippen molar-refractivity contribution in [1.82, 2.24) is 29.2 Å². The monoisotopic (exact) mass is 525 g/mol. The highest BCUT2D eigenvalue weighted by Gasteiger charge is 2.54. The number of hydrogen-bond donors (Lipinski definition) is 2. The molecule has 3 aliphatic rings. The zero-order chi connectivity index (χ0) is 27.6. The van der Waals surface area contributed by atoms with E-state index in [-0.39, 0.29) is 12.1 Å². The van der Waals surface area contributed by atoms with Crippen LogP contribution in [0.3, 0.4) is 0 Å². The minimum atomic E-state index is -1.75. The van der Waals surface area contributed by atoms with Crippen LogP contribution in [-0.2, 0) is 13.0 Å². The van der Waals surface area contributed by atoms with Crippen LogP contribution in [0.15, 0.2) is 60.0 Å². The molecule has 1 saturated heterocycles.